The number of imidazole rings is 1. The van der Waals surface area contributed by atoms with Gasteiger partial charge in [-0.25, -0.2) is 4.98 Å². The molecule has 14 heteroatoms. The first-order chi connectivity index (χ1) is 23.3. The summed E-state index contributed by atoms with van der Waals surface area (Å²) in [6.07, 6.45) is 6.75. The highest BCUT2D eigenvalue weighted by Gasteiger charge is 2.56. The second-order valence-corrected chi connectivity index (χ2v) is 15.3. The molecule has 6 rings (SSSR count). The number of halogens is 1. The van der Waals surface area contributed by atoms with Crippen molar-refractivity contribution in [1.29, 1.82) is 0 Å². The number of hydrogen-bond donors (Lipinski definition) is 4. The van der Waals surface area contributed by atoms with Crippen LogP contribution < -0.4 is 16.0 Å². The Morgan fingerprint density at radius 2 is 1.92 bits per heavy atom. The molecule has 2 saturated carbocycles. The van der Waals surface area contributed by atoms with Gasteiger partial charge in [-0.3, -0.25) is 24.0 Å². The smallest absolute Gasteiger partial charge is 0.289 e. The van der Waals surface area contributed by atoms with E-state index in [2.05, 4.69) is 31.1 Å². The second-order valence-electron chi connectivity index (χ2n) is 14.9. The van der Waals surface area contributed by atoms with Crippen molar-refractivity contribution in [1.82, 2.24) is 30.8 Å². The van der Waals surface area contributed by atoms with Crippen LogP contribution in [0.5, 0.6) is 0 Å². The third-order valence-electron chi connectivity index (χ3n) is 9.78. The Hall–Kier alpha value is -4.26. The average Bonchev–Trinajstić information content (AvgIpc) is 3.89. The molecule has 0 radical (unpaired) electrons. The Labute approximate surface area is 290 Å². The predicted octanol–water partition coefficient (Wildman–Crippen LogP) is 2.99. The molecule has 3 heterocycles. The van der Waals surface area contributed by atoms with Gasteiger partial charge in [0.2, 0.25) is 23.5 Å². The van der Waals surface area contributed by atoms with Crippen molar-refractivity contribution in [2.24, 2.45) is 16.5 Å². The molecular formula is C35H44ClN7O6. The molecule has 4 N–H and O–H groups in total. The van der Waals surface area contributed by atoms with E-state index in [0.717, 1.165) is 24.1 Å². The van der Waals surface area contributed by atoms with Crippen LogP contribution in [0.25, 0.3) is 0 Å². The van der Waals surface area contributed by atoms with Gasteiger partial charge in [0.25, 0.3) is 5.91 Å². The van der Waals surface area contributed by atoms with Crippen molar-refractivity contribution < 1.29 is 28.8 Å². The van der Waals surface area contributed by atoms with Crippen LogP contribution in [-0.4, -0.2) is 86.3 Å². The van der Waals surface area contributed by atoms with Gasteiger partial charge in [-0.1, -0.05) is 63.0 Å². The van der Waals surface area contributed by atoms with Crippen LogP contribution in [0.1, 0.15) is 89.8 Å². The van der Waals surface area contributed by atoms with E-state index in [1.54, 1.807) is 24.7 Å². The van der Waals surface area contributed by atoms with Crippen LogP contribution in [0.15, 0.2) is 41.9 Å². The van der Waals surface area contributed by atoms with E-state index < -0.39 is 52.6 Å². The van der Waals surface area contributed by atoms with Gasteiger partial charge >= 0.3 is 0 Å². The van der Waals surface area contributed by atoms with Crippen molar-refractivity contribution in [3.63, 3.8) is 0 Å². The third-order valence-corrected chi connectivity index (χ3v) is 10.0. The van der Waals surface area contributed by atoms with E-state index in [-0.39, 0.29) is 43.2 Å². The lowest BCUT2D eigenvalue weighted by Gasteiger charge is -2.35. The molecule has 6 atom stereocenters. The number of aromatic nitrogens is 2. The molecule has 1 aromatic carbocycles. The molecule has 2 aliphatic heterocycles. The zero-order valence-corrected chi connectivity index (χ0v) is 29.0. The minimum absolute atomic E-state index is 0.00842. The first-order valence-electron chi connectivity index (χ1n) is 17.0. The number of H-pyrrole nitrogens is 1. The summed E-state index contributed by atoms with van der Waals surface area (Å²) < 4.78 is 0. The Bertz CT molecular complexity index is 1650. The lowest BCUT2D eigenvalue weighted by Crippen LogP contribution is -2.59. The lowest BCUT2D eigenvalue weighted by molar-refractivity contribution is -0.145. The van der Waals surface area contributed by atoms with Gasteiger partial charge in [0.1, 0.15) is 12.1 Å². The van der Waals surface area contributed by atoms with E-state index in [0.29, 0.717) is 30.0 Å². The fraction of sp³-hybridized carbons (Fsp3) is 0.571. The van der Waals surface area contributed by atoms with Crippen LogP contribution in [0.3, 0.4) is 0 Å². The molecule has 262 valence electrons. The number of benzene rings is 1. The zero-order chi connectivity index (χ0) is 35.1. The molecule has 1 saturated heterocycles. The van der Waals surface area contributed by atoms with E-state index >= 15 is 0 Å². The van der Waals surface area contributed by atoms with Crippen LogP contribution in [0, 0.1) is 11.3 Å². The highest BCUT2D eigenvalue weighted by Crippen LogP contribution is 2.47. The Morgan fingerprint density at radius 1 is 1.14 bits per heavy atom. The number of aromatic amines is 1. The summed E-state index contributed by atoms with van der Waals surface area (Å²) in [6.45, 7) is 7.46. The number of carbonyl (C=O) groups excluding carboxylic acids is 5. The maximum absolute atomic E-state index is 14.6. The highest BCUT2D eigenvalue weighted by molar-refractivity contribution is 6.38. The molecule has 2 aromatic rings. The number of hydrogen-bond acceptors (Lipinski definition) is 8. The van der Waals surface area contributed by atoms with E-state index in [1.807, 2.05) is 39.8 Å². The number of ketones is 1. The Kier molecular flexibility index (Phi) is 9.58. The van der Waals surface area contributed by atoms with Crippen LogP contribution >= 0.6 is 11.6 Å². The zero-order valence-electron chi connectivity index (χ0n) is 28.3. The van der Waals surface area contributed by atoms with Gasteiger partial charge in [0.05, 0.1) is 24.6 Å². The maximum atomic E-state index is 14.6. The lowest BCUT2D eigenvalue weighted by atomic mass is 9.85. The van der Waals surface area contributed by atoms with Gasteiger partial charge in [0.15, 0.2) is 5.60 Å². The van der Waals surface area contributed by atoms with Crippen molar-refractivity contribution in [2.45, 2.75) is 108 Å². The largest absolute Gasteiger partial charge is 0.387 e. The highest BCUT2D eigenvalue weighted by atomic mass is 35.5. The molecule has 13 nitrogen and oxygen atoms in total. The van der Waals surface area contributed by atoms with Crippen molar-refractivity contribution in [3.8, 4) is 0 Å². The number of carbonyl (C=O) groups is 5. The summed E-state index contributed by atoms with van der Waals surface area (Å²) in [6, 6.07) is 4.11. The topological polar surface area (TPSA) is 175 Å². The molecule has 49 heavy (non-hydrogen) atoms. The van der Waals surface area contributed by atoms with E-state index in [1.165, 1.54) is 4.90 Å². The quantitative estimate of drug-likeness (QED) is 0.247. The first-order valence-corrected chi connectivity index (χ1v) is 17.4. The number of nitrogens with zero attached hydrogens (tertiary/aromatic N) is 3. The fourth-order valence-corrected chi connectivity index (χ4v) is 6.97. The molecule has 3 fully saturated rings. The van der Waals surface area contributed by atoms with Gasteiger partial charge in [-0.05, 0) is 43.2 Å². The number of likely N-dealkylation sites (tertiary alicyclic amines) is 1. The summed E-state index contributed by atoms with van der Waals surface area (Å²) in [5.41, 5.74) is 0.514. The summed E-state index contributed by atoms with van der Waals surface area (Å²) in [5, 5.41) is 13.4. The molecule has 1 aromatic heterocycles. The summed E-state index contributed by atoms with van der Waals surface area (Å²) >= 11 is 6.24. The van der Waals surface area contributed by atoms with E-state index in [9.17, 15) is 24.0 Å². The second kappa shape index (κ2) is 13.6. The number of amides is 4. The molecule has 2 aliphatic carbocycles. The molecular weight excluding hydrogens is 650 g/mol. The molecule has 4 amide bonds. The summed E-state index contributed by atoms with van der Waals surface area (Å²) in [5.74, 6) is -3.02. The monoisotopic (exact) mass is 693 g/mol. The van der Waals surface area contributed by atoms with Gasteiger partial charge in [-0.2, -0.15) is 0 Å². The third kappa shape index (κ3) is 7.66. The molecule has 0 bridgehead atoms. The standard InChI is InChI=1S/C35H44ClN7O6/c1-5-7-24(28(44)32(47)39-21-10-11-21)40-31(46)27-15-35(14-25(42-49-35)19-8-6-9-20(36)12-19)17-43(27)33(48)29(34(2,3)4)41-30(45)23-13-22(23)26-16-37-18-38-26/h6,8-9,12,16,18,21-24,27,29H,5,7,10-11,13-15,17H2,1-4H3,(H,37,38)(H,39,47)(H,40,46)(H,41,45)/t22?,23?,24-,27-,29+,35+/m0/s1. The van der Waals surface area contributed by atoms with Crippen molar-refractivity contribution in [2.75, 3.05) is 6.54 Å². The minimum atomic E-state index is -1.06. The van der Waals surface area contributed by atoms with E-state index in [4.69, 9.17) is 16.4 Å². The number of rotatable bonds is 12. The first kappa shape index (κ1) is 34.6. The minimum Gasteiger partial charge on any atom is -0.387 e. The van der Waals surface area contributed by atoms with Gasteiger partial charge in [0, 0.05) is 53.2 Å². The van der Waals surface area contributed by atoms with Crippen LogP contribution in [-0.2, 0) is 28.8 Å². The number of oxime groups is 1. The summed E-state index contributed by atoms with van der Waals surface area (Å²) in [4.78, 5) is 82.7. The molecule has 1 spiro atoms. The predicted molar refractivity (Wildman–Crippen MR) is 180 cm³/mol. The number of nitrogens with one attached hydrogen (secondary N) is 4. The van der Waals surface area contributed by atoms with Gasteiger partial charge in [-0.15, -0.1) is 0 Å². The van der Waals surface area contributed by atoms with Gasteiger partial charge < -0.3 is 30.7 Å². The maximum Gasteiger partial charge on any atom is 0.289 e. The Morgan fingerprint density at radius 3 is 2.57 bits per heavy atom. The van der Waals surface area contributed by atoms with Crippen LogP contribution in [0.4, 0.5) is 0 Å². The average molecular weight is 694 g/mol. The van der Waals surface area contributed by atoms with Crippen molar-refractivity contribution >= 4 is 46.7 Å². The van der Waals surface area contributed by atoms with Crippen LogP contribution in [0.2, 0.25) is 5.02 Å². The Balaban J connectivity index is 1.24. The fourth-order valence-electron chi connectivity index (χ4n) is 6.78. The SMILES string of the molecule is CCC[C@H](NC(=O)[C@@H]1C[C@]2(CC(c3cccc(Cl)c3)=NO2)CN1C(=O)[C@@H](NC(=O)C1CC1c1cnc[nH]1)C(C)(C)C)C(=O)C(=O)NC1CC1. The summed E-state index contributed by atoms with van der Waals surface area (Å²) in [7, 11) is 0. The van der Waals surface area contributed by atoms with Crippen molar-refractivity contribution in [3.05, 3.63) is 53.1 Å². The number of Topliss-reactive ketones (excluding diaryl/α,β-unsaturated/α-hetero) is 1. The molecule has 4 aliphatic rings. The normalized spacial score (nSPS) is 25.6. The molecule has 2 unspecified atom stereocenters.